The van der Waals surface area contributed by atoms with E-state index in [1.165, 1.54) is 5.57 Å². The molecule has 116 valence electrons. The van der Waals surface area contributed by atoms with Gasteiger partial charge in [0.15, 0.2) is 0 Å². The molecule has 0 aliphatic carbocycles. The second-order valence-corrected chi connectivity index (χ2v) is 4.90. The zero-order chi connectivity index (χ0) is 15.5. The van der Waals surface area contributed by atoms with Gasteiger partial charge in [-0.25, -0.2) is 0 Å². The molecule has 0 aromatic heterocycles. The van der Waals surface area contributed by atoms with Gasteiger partial charge in [-0.05, 0) is 43.9 Å². The smallest absolute Gasteiger partial charge is 0.147 e. The van der Waals surface area contributed by atoms with Crippen molar-refractivity contribution in [2.45, 2.75) is 39.9 Å². The molecule has 0 fully saturated rings. The lowest BCUT2D eigenvalue weighted by Gasteiger charge is -2.18. The van der Waals surface area contributed by atoms with Crippen LogP contribution in [0.3, 0.4) is 0 Å². The van der Waals surface area contributed by atoms with Crippen LogP contribution in [-0.4, -0.2) is 24.6 Å². The number of aliphatic hydroxyl groups is 1. The van der Waals surface area contributed by atoms with Crippen molar-refractivity contribution in [3.8, 4) is 0 Å². The fraction of sp³-hybridized carbons (Fsp3) is 0.444. The predicted octanol–water partition coefficient (Wildman–Crippen LogP) is 3.84. The highest BCUT2D eigenvalue weighted by Gasteiger charge is 2.10. The van der Waals surface area contributed by atoms with E-state index in [2.05, 4.69) is 0 Å². The van der Waals surface area contributed by atoms with E-state index in [-0.39, 0.29) is 19.5 Å². The van der Waals surface area contributed by atoms with Gasteiger partial charge in [0, 0.05) is 6.61 Å². The van der Waals surface area contributed by atoms with E-state index >= 15 is 0 Å². The molecular formula is C18H26O3. The second kappa shape index (κ2) is 10.3. The summed E-state index contributed by atoms with van der Waals surface area (Å²) in [6.07, 6.45) is 4.66. The maximum absolute atomic E-state index is 8.96. The van der Waals surface area contributed by atoms with Gasteiger partial charge in [0.05, 0.1) is 12.7 Å². The van der Waals surface area contributed by atoms with E-state index in [1.807, 2.05) is 63.3 Å². The quantitative estimate of drug-likeness (QED) is 0.426. The highest BCUT2D eigenvalue weighted by Crippen LogP contribution is 2.17. The van der Waals surface area contributed by atoms with Crippen LogP contribution in [0.2, 0.25) is 0 Å². The van der Waals surface area contributed by atoms with Crippen molar-refractivity contribution < 1.29 is 14.6 Å². The molecular weight excluding hydrogens is 264 g/mol. The normalized spacial score (nSPS) is 14.3. The molecule has 3 heteroatoms. The molecule has 21 heavy (non-hydrogen) atoms. The Balaban J connectivity index is 2.41. The molecule has 0 saturated carbocycles. The average molecular weight is 290 g/mol. The lowest BCUT2D eigenvalue weighted by Crippen LogP contribution is -2.15. The van der Waals surface area contributed by atoms with Crippen LogP contribution in [-0.2, 0) is 16.1 Å². The molecule has 0 aliphatic rings. The first kappa shape index (κ1) is 17.6. The summed E-state index contributed by atoms with van der Waals surface area (Å²) < 4.78 is 11.3. The zero-order valence-electron chi connectivity index (χ0n) is 13.2. The Labute approximate surface area is 127 Å². The van der Waals surface area contributed by atoms with Gasteiger partial charge < -0.3 is 14.6 Å². The first-order valence-corrected chi connectivity index (χ1v) is 7.36. The minimum Gasteiger partial charge on any atom is -0.396 e. The topological polar surface area (TPSA) is 38.7 Å². The Morgan fingerprint density at radius 1 is 1.29 bits per heavy atom. The minimum atomic E-state index is -0.0523. The highest BCUT2D eigenvalue weighted by molar-refractivity contribution is 5.31. The molecule has 0 aliphatic heterocycles. The van der Waals surface area contributed by atoms with Crippen LogP contribution < -0.4 is 0 Å². The van der Waals surface area contributed by atoms with E-state index in [0.29, 0.717) is 13.0 Å². The highest BCUT2D eigenvalue weighted by atomic mass is 16.7. The standard InChI is InChI=1S/C18H26O3/c1-4-15(2)18(11-8-12-19)16(3)21-14-20-13-17-9-6-5-7-10-17/h4-7,9-11,16,19H,8,12-14H2,1-3H3/b15-4+,18-11+/t16-/m0/s1. The fourth-order valence-corrected chi connectivity index (χ4v) is 2.01. The number of hydrogen-bond acceptors (Lipinski definition) is 3. The summed E-state index contributed by atoms with van der Waals surface area (Å²) >= 11 is 0. The summed E-state index contributed by atoms with van der Waals surface area (Å²) in [5, 5.41) is 8.96. The van der Waals surface area contributed by atoms with Gasteiger partial charge in [-0.2, -0.15) is 0 Å². The van der Waals surface area contributed by atoms with E-state index in [4.69, 9.17) is 14.6 Å². The number of rotatable bonds is 9. The molecule has 0 amide bonds. The van der Waals surface area contributed by atoms with Crippen molar-refractivity contribution in [2.24, 2.45) is 0 Å². The van der Waals surface area contributed by atoms with Gasteiger partial charge in [-0.3, -0.25) is 0 Å². The van der Waals surface area contributed by atoms with Gasteiger partial charge in [0.25, 0.3) is 0 Å². The number of aliphatic hydroxyl groups excluding tert-OH is 1. The summed E-state index contributed by atoms with van der Waals surface area (Å²) in [7, 11) is 0. The van der Waals surface area contributed by atoms with Crippen molar-refractivity contribution in [1.82, 2.24) is 0 Å². The molecule has 1 rings (SSSR count). The molecule has 3 nitrogen and oxygen atoms in total. The SMILES string of the molecule is C/C=C(C)/C(=C\CCO)[C@H](C)OCOCc1ccccc1. The monoisotopic (exact) mass is 290 g/mol. The number of allylic oxidation sites excluding steroid dienone is 1. The lowest BCUT2D eigenvalue weighted by atomic mass is 10.0. The lowest BCUT2D eigenvalue weighted by molar-refractivity contribution is -0.0799. The van der Waals surface area contributed by atoms with Gasteiger partial charge in [0.1, 0.15) is 6.79 Å². The number of hydrogen-bond donors (Lipinski definition) is 1. The van der Waals surface area contributed by atoms with Crippen LogP contribution in [0.15, 0.2) is 53.6 Å². The van der Waals surface area contributed by atoms with Crippen molar-refractivity contribution in [2.75, 3.05) is 13.4 Å². The third-order valence-corrected chi connectivity index (χ3v) is 3.33. The maximum atomic E-state index is 8.96. The van der Waals surface area contributed by atoms with Gasteiger partial charge in [0.2, 0.25) is 0 Å². The zero-order valence-corrected chi connectivity index (χ0v) is 13.2. The Kier molecular flexibility index (Phi) is 8.67. The molecule has 0 unspecified atom stereocenters. The molecule has 1 aromatic carbocycles. The van der Waals surface area contributed by atoms with E-state index < -0.39 is 0 Å². The minimum absolute atomic E-state index is 0.0523. The first-order chi connectivity index (χ1) is 10.2. The largest absolute Gasteiger partial charge is 0.396 e. The van der Waals surface area contributed by atoms with Crippen LogP contribution in [0.25, 0.3) is 0 Å². The van der Waals surface area contributed by atoms with E-state index in [1.54, 1.807) is 0 Å². The molecule has 0 spiro atoms. The van der Waals surface area contributed by atoms with Gasteiger partial charge in [-0.1, -0.05) is 42.5 Å². The molecule has 1 N–H and O–H groups in total. The molecule has 1 atom stereocenters. The van der Waals surface area contributed by atoms with E-state index in [0.717, 1.165) is 11.1 Å². The predicted molar refractivity (Wildman–Crippen MR) is 85.9 cm³/mol. The first-order valence-electron chi connectivity index (χ1n) is 7.36. The Hall–Kier alpha value is -1.42. The Morgan fingerprint density at radius 2 is 2.00 bits per heavy atom. The summed E-state index contributed by atoms with van der Waals surface area (Å²) in [6.45, 7) is 7.00. The third kappa shape index (κ3) is 6.71. The van der Waals surface area contributed by atoms with Crippen LogP contribution in [0.1, 0.15) is 32.8 Å². The van der Waals surface area contributed by atoms with Crippen molar-refractivity contribution in [3.63, 3.8) is 0 Å². The summed E-state index contributed by atoms with van der Waals surface area (Å²) in [5.74, 6) is 0. The fourth-order valence-electron chi connectivity index (χ4n) is 2.01. The number of benzene rings is 1. The molecule has 1 aromatic rings. The molecule has 0 saturated heterocycles. The number of ether oxygens (including phenoxy) is 2. The molecule has 0 heterocycles. The molecule has 0 radical (unpaired) electrons. The Morgan fingerprint density at radius 3 is 2.62 bits per heavy atom. The summed E-state index contributed by atoms with van der Waals surface area (Å²) in [4.78, 5) is 0. The van der Waals surface area contributed by atoms with Crippen LogP contribution in [0.4, 0.5) is 0 Å². The van der Waals surface area contributed by atoms with E-state index in [9.17, 15) is 0 Å². The van der Waals surface area contributed by atoms with Crippen molar-refractivity contribution in [1.29, 1.82) is 0 Å². The Bertz CT molecular complexity index is 449. The maximum Gasteiger partial charge on any atom is 0.147 e. The second-order valence-electron chi connectivity index (χ2n) is 4.90. The summed E-state index contributed by atoms with van der Waals surface area (Å²) in [6, 6.07) is 10.0. The third-order valence-electron chi connectivity index (χ3n) is 3.33. The van der Waals surface area contributed by atoms with Crippen LogP contribution in [0, 0.1) is 0 Å². The van der Waals surface area contributed by atoms with Gasteiger partial charge >= 0.3 is 0 Å². The summed E-state index contributed by atoms with van der Waals surface area (Å²) in [5.41, 5.74) is 3.41. The van der Waals surface area contributed by atoms with Crippen molar-refractivity contribution >= 4 is 0 Å². The van der Waals surface area contributed by atoms with Crippen LogP contribution in [0.5, 0.6) is 0 Å². The average Bonchev–Trinajstić information content (AvgIpc) is 2.52. The van der Waals surface area contributed by atoms with Crippen molar-refractivity contribution in [3.05, 3.63) is 59.2 Å². The van der Waals surface area contributed by atoms with Crippen LogP contribution >= 0.6 is 0 Å². The molecule has 0 bridgehead atoms. The van der Waals surface area contributed by atoms with Gasteiger partial charge in [-0.15, -0.1) is 0 Å².